The number of anilines is 1. The molecule has 1 aromatic rings. The van der Waals surface area contributed by atoms with E-state index >= 15 is 0 Å². The van der Waals surface area contributed by atoms with Gasteiger partial charge in [-0.05, 0) is 37.5 Å². The number of guanidine groups is 1. The van der Waals surface area contributed by atoms with Crippen molar-refractivity contribution < 1.29 is 14.2 Å². The SMILES string of the molecule is CCNC(=NCc1ccc(N2CCC(O)CC2)c(F)c1)NCCOC. The quantitative estimate of drug-likeness (QED) is 0.394. The second-order valence-electron chi connectivity index (χ2n) is 6.12. The van der Waals surface area contributed by atoms with Gasteiger partial charge in [-0.2, -0.15) is 0 Å². The Morgan fingerprint density at radius 3 is 2.76 bits per heavy atom. The number of aliphatic hydroxyl groups excluding tert-OH is 1. The third kappa shape index (κ3) is 6.17. The first-order valence-corrected chi connectivity index (χ1v) is 8.86. The normalized spacial score (nSPS) is 16.2. The summed E-state index contributed by atoms with van der Waals surface area (Å²) in [6, 6.07) is 5.26. The van der Waals surface area contributed by atoms with Crippen LogP contribution in [0.5, 0.6) is 0 Å². The van der Waals surface area contributed by atoms with Gasteiger partial charge in [0.2, 0.25) is 0 Å². The molecule has 1 aliphatic heterocycles. The number of piperidine rings is 1. The Balaban J connectivity index is 1.97. The molecular formula is C18H29FN4O2. The molecule has 0 aromatic heterocycles. The van der Waals surface area contributed by atoms with Crippen molar-refractivity contribution in [2.75, 3.05) is 44.8 Å². The Labute approximate surface area is 149 Å². The Hall–Kier alpha value is -1.86. The van der Waals surface area contributed by atoms with E-state index in [0.29, 0.717) is 57.3 Å². The van der Waals surface area contributed by atoms with Crippen LogP contribution < -0.4 is 15.5 Å². The highest BCUT2D eigenvalue weighted by Crippen LogP contribution is 2.24. The maximum absolute atomic E-state index is 14.5. The summed E-state index contributed by atoms with van der Waals surface area (Å²) in [7, 11) is 1.65. The lowest BCUT2D eigenvalue weighted by atomic mass is 10.1. The topological polar surface area (TPSA) is 69.1 Å². The molecule has 7 heteroatoms. The van der Waals surface area contributed by atoms with Crippen LogP contribution in [0.1, 0.15) is 25.3 Å². The maximum Gasteiger partial charge on any atom is 0.191 e. The number of aliphatic imine (C=N–C) groups is 1. The molecule has 25 heavy (non-hydrogen) atoms. The average molecular weight is 352 g/mol. The number of aliphatic hydroxyl groups is 1. The smallest absolute Gasteiger partial charge is 0.191 e. The van der Waals surface area contributed by atoms with Gasteiger partial charge < -0.3 is 25.4 Å². The number of methoxy groups -OCH3 is 1. The predicted molar refractivity (Wildman–Crippen MR) is 98.5 cm³/mol. The molecule has 0 atom stereocenters. The van der Waals surface area contributed by atoms with Crippen molar-refractivity contribution in [3.63, 3.8) is 0 Å². The van der Waals surface area contributed by atoms with Crippen LogP contribution in [0, 0.1) is 5.82 Å². The fourth-order valence-electron chi connectivity index (χ4n) is 2.80. The van der Waals surface area contributed by atoms with E-state index in [4.69, 9.17) is 4.74 Å². The highest BCUT2D eigenvalue weighted by molar-refractivity contribution is 5.79. The molecule has 0 bridgehead atoms. The number of nitrogens with zero attached hydrogens (tertiary/aromatic N) is 2. The number of hydrogen-bond donors (Lipinski definition) is 3. The van der Waals surface area contributed by atoms with Crippen LogP contribution in [0.25, 0.3) is 0 Å². The van der Waals surface area contributed by atoms with E-state index in [1.54, 1.807) is 13.2 Å². The number of nitrogens with one attached hydrogen (secondary N) is 2. The van der Waals surface area contributed by atoms with E-state index in [-0.39, 0.29) is 11.9 Å². The number of halogens is 1. The highest BCUT2D eigenvalue weighted by atomic mass is 19.1. The van der Waals surface area contributed by atoms with Gasteiger partial charge in [0.05, 0.1) is 24.9 Å². The Bertz CT molecular complexity index is 560. The second-order valence-corrected chi connectivity index (χ2v) is 6.12. The molecule has 0 aliphatic carbocycles. The first-order valence-electron chi connectivity index (χ1n) is 8.86. The minimum atomic E-state index is -0.261. The number of benzene rings is 1. The summed E-state index contributed by atoms with van der Waals surface area (Å²) in [5.74, 6) is 0.454. The highest BCUT2D eigenvalue weighted by Gasteiger charge is 2.19. The van der Waals surface area contributed by atoms with Gasteiger partial charge in [-0.15, -0.1) is 0 Å². The van der Waals surface area contributed by atoms with Crippen molar-refractivity contribution in [3.8, 4) is 0 Å². The van der Waals surface area contributed by atoms with Gasteiger partial charge in [0.25, 0.3) is 0 Å². The van der Waals surface area contributed by atoms with Gasteiger partial charge in [0.15, 0.2) is 5.96 Å². The van der Waals surface area contributed by atoms with Gasteiger partial charge in [0.1, 0.15) is 5.82 Å². The largest absolute Gasteiger partial charge is 0.393 e. The van der Waals surface area contributed by atoms with Crippen molar-refractivity contribution in [3.05, 3.63) is 29.6 Å². The van der Waals surface area contributed by atoms with Gasteiger partial charge in [-0.3, -0.25) is 0 Å². The zero-order chi connectivity index (χ0) is 18.1. The van der Waals surface area contributed by atoms with Crippen LogP contribution in [0.4, 0.5) is 10.1 Å². The van der Waals surface area contributed by atoms with Crippen LogP contribution in [-0.4, -0.2) is 57.1 Å². The molecule has 0 saturated carbocycles. The minimum Gasteiger partial charge on any atom is -0.393 e. The molecule has 1 fully saturated rings. The first kappa shape index (κ1) is 19.5. The second kappa shape index (κ2) is 10.2. The number of hydrogen-bond acceptors (Lipinski definition) is 4. The molecule has 0 spiro atoms. The molecule has 6 nitrogen and oxygen atoms in total. The van der Waals surface area contributed by atoms with E-state index in [0.717, 1.165) is 12.1 Å². The Morgan fingerprint density at radius 2 is 2.12 bits per heavy atom. The molecule has 3 N–H and O–H groups in total. The van der Waals surface area contributed by atoms with E-state index in [9.17, 15) is 9.50 Å². The zero-order valence-corrected chi connectivity index (χ0v) is 15.1. The fraction of sp³-hybridized carbons (Fsp3) is 0.611. The predicted octanol–water partition coefficient (Wildman–Crippen LogP) is 1.49. The van der Waals surface area contributed by atoms with E-state index in [1.165, 1.54) is 0 Å². The number of rotatable bonds is 7. The molecule has 0 unspecified atom stereocenters. The van der Waals surface area contributed by atoms with Gasteiger partial charge >= 0.3 is 0 Å². The molecule has 0 radical (unpaired) electrons. The summed E-state index contributed by atoms with van der Waals surface area (Å²) in [4.78, 5) is 6.47. The molecule has 1 saturated heterocycles. The summed E-state index contributed by atoms with van der Waals surface area (Å²) in [5.41, 5.74) is 1.42. The average Bonchev–Trinajstić information content (AvgIpc) is 2.61. The van der Waals surface area contributed by atoms with Gasteiger partial charge in [-0.25, -0.2) is 9.38 Å². The lowest BCUT2D eigenvalue weighted by Gasteiger charge is -2.31. The van der Waals surface area contributed by atoms with Crippen LogP contribution in [0.3, 0.4) is 0 Å². The summed E-state index contributed by atoms with van der Waals surface area (Å²) in [6.07, 6.45) is 1.11. The third-order valence-corrected chi connectivity index (χ3v) is 4.18. The van der Waals surface area contributed by atoms with Gasteiger partial charge in [-0.1, -0.05) is 6.07 Å². The standard InChI is InChI=1S/C18H29FN4O2/c1-3-20-18(21-8-11-25-2)22-13-14-4-5-17(16(19)12-14)23-9-6-15(24)7-10-23/h4-5,12,15,24H,3,6-11,13H2,1-2H3,(H2,20,21,22). The summed E-state index contributed by atoms with van der Waals surface area (Å²) < 4.78 is 19.5. The van der Waals surface area contributed by atoms with Crippen molar-refractivity contribution in [1.82, 2.24) is 10.6 Å². The third-order valence-electron chi connectivity index (χ3n) is 4.18. The Morgan fingerprint density at radius 1 is 1.36 bits per heavy atom. The molecule has 2 rings (SSSR count). The van der Waals surface area contributed by atoms with Crippen molar-refractivity contribution >= 4 is 11.6 Å². The van der Waals surface area contributed by atoms with Crippen molar-refractivity contribution in [2.45, 2.75) is 32.4 Å². The molecule has 1 aromatic carbocycles. The monoisotopic (exact) mass is 352 g/mol. The first-order chi connectivity index (χ1) is 12.1. The molecular weight excluding hydrogens is 323 g/mol. The maximum atomic E-state index is 14.5. The van der Waals surface area contributed by atoms with Crippen molar-refractivity contribution in [1.29, 1.82) is 0 Å². The fourth-order valence-corrected chi connectivity index (χ4v) is 2.80. The molecule has 0 amide bonds. The van der Waals surface area contributed by atoms with Crippen LogP contribution >= 0.6 is 0 Å². The van der Waals surface area contributed by atoms with E-state index < -0.39 is 0 Å². The summed E-state index contributed by atoms with van der Waals surface area (Å²) >= 11 is 0. The van der Waals surface area contributed by atoms with Crippen molar-refractivity contribution in [2.24, 2.45) is 4.99 Å². The lowest BCUT2D eigenvalue weighted by molar-refractivity contribution is 0.145. The van der Waals surface area contributed by atoms with E-state index in [2.05, 4.69) is 15.6 Å². The summed E-state index contributed by atoms with van der Waals surface area (Å²) in [5, 5.41) is 15.9. The lowest BCUT2D eigenvalue weighted by Crippen LogP contribution is -2.38. The number of ether oxygens (including phenoxy) is 1. The zero-order valence-electron chi connectivity index (χ0n) is 15.1. The molecule has 1 aliphatic rings. The minimum absolute atomic E-state index is 0.235. The van der Waals surface area contributed by atoms with Crippen LogP contribution in [0.2, 0.25) is 0 Å². The summed E-state index contributed by atoms with van der Waals surface area (Å²) in [6.45, 7) is 5.78. The molecule has 1 heterocycles. The van der Waals surface area contributed by atoms with E-state index in [1.807, 2.05) is 24.0 Å². The molecule has 140 valence electrons. The van der Waals surface area contributed by atoms with Gasteiger partial charge in [0, 0.05) is 33.3 Å². The Kier molecular flexibility index (Phi) is 7.94. The van der Waals surface area contributed by atoms with Crippen LogP contribution in [0.15, 0.2) is 23.2 Å². The van der Waals surface area contributed by atoms with Crippen LogP contribution in [-0.2, 0) is 11.3 Å².